The van der Waals surface area contributed by atoms with Crippen LogP contribution in [0.4, 0.5) is 4.79 Å². The van der Waals surface area contributed by atoms with E-state index in [2.05, 4.69) is 15.5 Å². The van der Waals surface area contributed by atoms with E-state index in [-0.39, 0.29) is 37.3 Å². The van der Waals surface area contributed by atoms with Crippen LogP contribution in [0.3, 0.4) is 0 Å². The average Bonchev–Trinajstić information content (AvgIpc) is 4.18. The summed E-state index contributed by atoms with van der Waals surface area (Å²) >= 11 is 7.01. The molecule has 312 valence electrons. The van der Waals surface area contributed by atoms with Gasteiger partial charge in [-0.25, -0.2) is 9.59 Å². The largest absolute Gasteiger partial charge is 0.491 e. The lowest BCUT2D eigenvalue weighted by atomic mass is 10.0. The van der Waals surface area contributed by atoms with Crippen LogP contribution in [0.25, 0.3) is 10.9 Å². The molecule has 0 bridgehead atoms. The third-order valence-electron chi connectivity index (χ3n) is 13.3. The van der Waals surface area contributed by atoms with Crippen LogP contribution in [0.2, 0.25) is 5.02 Å². The summed E-state index contributed by atoms with van der Waals surface area (Å²) in [6.45, 7) is 4.40. The number of aromatic nitrogens is 1. The number of alkyl carbamates (subject to hydrolysis) is 1. The zero-order valence-corrected chi connectivity index (χ0v) is 33.6. The predicted octanol–water partition coefficient (Wildman–Crippen LogP) is 5.20. The van der Waals surface area contributed by atoms with Crippen LogP contribution >= 0.6 is 11.6 Å². The van der Waals surface area contributed by atoms with Crippen molar-refractivity contribution in [2.45, 2.75) is 113 Å². The molecule has 58 heavy (non-hydrogen) atoms. The van der Waals surface area contributed by atoms with Gasteiger partial charge in [0.2, 0.25) is 11.8 Å². The maximum atomic E-state index is 14.6. The number of fused-ring (bicyclic) bond motifs is 4. The molecule has 1 aromatic carbocycles. The second-order valence-corrected chi connectivity index (χ2v) is 17.8. The zero-order valence-electron chi connectivity index (χ0n) is 32.9. The Morgan fingerprint density at radius 1 is 1.02 bits per heavy atom. The number of halogens is 1. The quantitative estimate of drug-likeness (QED) is 0.270. The van der Waals surface area contributed by atoms with Crippen LogP contribution in [-0.2, 0) is 23.9 Å². The summed E-state index contributed by atoms with van der Waals surface area (Å²) in [5, 5.41) is 17.1. The van der Waals surface area contributed by atoms with Crippen LogP contribution < -0.4 is 20.1 Å². The van der Waals surface area contributed by atoms with E-state index in [4.69, 9.17) is 35.5 Å². The summed E-state index contributed by atoms with van der Waals surface area (Å²) in [5.74, 6) is 0.181. The SMILES string of the molecule is O=C(N[C@H]1CCCCC/C=C\[C@@H]2C[C@@]2(C(=O)O)NC(=O)[C@@H]2C[C@@H](Oc3cc(C4CC4)nc4c(Cl)c(OCCN5CCOCC5)ccc34)CN2C1=O)O[C@@H]1C[C@@H]2C[C@@H]2C1. The van der Waals surface area contributed by atoms with Crippen molar-refractivity contribution in [1.29, 1.82) is 0 Å². The highest BCUT2D eigenvalue weighted by molar-refractivity contribution is 6.36. The summed E-state index contributed by atoms with van der Waals surface area (Å²) in [5.41, 5.74) is -0.0235. The molecular weight excluding hydrogens is 766 g/mol. The number of carbonyl (C=O) groups is 4. The molecule has 0 radical (unpaired) electrons. The fourth-order valence-electron chi connectivity index (χ4n) is 9.54. The Hall–Kier alpha value is -4.14. The average molecular weight is 820 g/mol. The smallest absolute Gasteiger partial charge is 0.408 e. The first-order chi connectivity index (χ1) is 28.1. The summed E-state index contributed by atoms with van der Waals surface area (Å²) in [6.07, 6.45) is 11.2. The molecule has 0 unspecified atom stereocenters. The van der Waals surface area contributed by atoms with Crippen molar-refractivity contribution in [3.05, 3.63) is 41.1 Å². The molecule has 9 rings (SSSR count). The number of hydrogen-bond donors (Lipinski definition) is 3. The van der Waals surface area contributed by atoms with Gasteiger partial charge in [-0.3, -0.25) is 19.5 Å². The molecule has 3 N–H and O–H groups in total. The molecule has 6 fully saturated rings. The first-order valence-corrected chi connectivity index (χ1v) is 21.8. The minimum Gasteiger partial charge on any atom is -0.491 e. The number of carbonyl (C=O) groups excluding carboxylic acids is 3. The molecule has 2 saturated heterocycles. The van der Waals surface area contributed by atoms with E-state index in [1.807, 2.05) is 30.4 Å². The maximum Gasteiger partial charge on any atom is 0.408 e. The first-order valence-electron chi connectivity index (χ1n) is 21.4. The summed E-state index contributed by atoms with van der Waals surface area (Å²) in [4.78, 5) is 63.5. The predicted molar refractivity (Wildman–Crippen MR) is 213 cm³/mol. The van der Waals surface area contributed by atoms with Crippen LogP contribution in [0.15, 0.2) is 30.4 Å². The van der Waals surface area contributed by atoms with Crippen LogP contribution in [0.5, 0.6) is 11.5 Å². The Morgan fingerprint density at radius 2 is 1.83 bits per heavy atom. The Kier molecular flexibility index (Phi) is 11.2. The molecule has 4 saturated carbocycles. The maximum absolute atomic E-state index is 14.6. The second-order valence-electron chi connectivity index (χ2n) is 17.5. The van der Waals surface area contributed by atoms with Gasteiger partial charge in [-0.2, -0.15) is 0 Å². The van der Waals surface area contributed by atoms with Gasteiger partial charge < -0.3 is 39.6 Å². The number of benzene rings is 1. The van der Waals surface area contributed by atoms with Gasteiger partial charge in [-0.15, -0.1) is 0 Å². The molecule has 15 heteroatoms. The van der Waals surface area contributed by atoms with Gasteiger partial charge >= 0.3 is 12.1 Å². The topological polar surface area (TPSA) is 169 Å². The van der Waals surface area contributed by atoms with Crippen LogP contribution in [0, 0.1) is 17.8 Å². The van der Waals surface area contributed by atoms with Crippen molar-refractivity contribution in [2.24, 2.45) is 17.8 Å². The lowest BCUT2D eigenvalue weighted by Gasteiger charge is -2.29. The standard InChI is InChI=1S/C43H54ClN5O9/c44-37-35(56-17-14-48-12-15-55-16-13-48)11-10-31-36(22-33(25-8-9-25)45-38(31)37)57-30-21-34-39(50)47-43(41(52)53)23-28(43)6-4-2-1-3-5-7-32(40(51)49(34)24-30)46-42(54)58-29-19-26-18-27(26)20-29/h4,6,10-11,22,25-30,32,34H,1-3,5,7-9,12-21,23-24H2,(H,46,54)(H,47,50)(H,52,53)/b6-4-/t26-,27+,28-,29+,30-,32+,34+,43-/m1/s1. The molecule has 2 aromatic rings. The fourth-order valence-corrected chi connectivity index (χ4v) is 9.81. The van der Waals surface area contributed by atoms with Crippen molar-refractivity contribution in [3.8, 4) is 11.5 Å². The Balaban J connectivity index is 0.970. The lowest BCUT2D eigenvalue weighted by Crippen LogP contribution is -2.56. The van der Waals surface area contributed by atoms with Gasteiger partial charge in [0.25, 0.3) is 0 Å². The van der Waals surface area contributed by atoms with E-state index in [1.165, 1.54) is 11.3 Å². The third-order valence-corrected chi connectivity index (χ3v) is 13.7. The van der Waals surface area contributed by atoms with Gasteiger partial charge in [0.05, 0.1) is 25.3 Å². The highest BCUT2D eigenvalue weighted by Gasteiger charge is 2.61. The molecule has 4 aliphatic carbocycles. The highest BCUT2D eigenvalue weighted by Crippen LogP contribution is 2.52. The highest BCUT2D eigenvalue weighted by atomic mass is 35.5. The summed E-state index contributed by atoms with van der Waals surface area (Å²) in [6, 6.07) is 3.68. The summed E-state index contributed by atoms with van der Waals surface area (Å²) in [7, 11) is 0. The first kappa shape index (κ1) is 39.3. The van der Waals surface area contributed by atoms with Gasteiger partial charge in [0.1, 0.15) is 53.0 Å². The van der Waals surface area contributed by atoms with Gasteiger partial charge in [-0.1, -0.05) is 36.6 Å². The molecule has 0 spiro atoms. The van der Waals surface area contributed by atoms with Gasteiger partial charge in [0.15, 0.2) is 0 Å². The summed E-state index contributed by atoms with van der Waals surface area (Å²) < 4.78 is 24.2. The molecule has 4 heterocycles. The molecule has 1 aromatic heterocycles. The monoisotopic (exact) mass is 819 g/mol. The van der Waals surface area contributed by atoms with Crippen LogP contribution in [-0.4, -0.2) is 120 Å². The van der Waals surface area contributed by atoms with Gasteiger partial charge in [0, 0.05) is 55.0 Å². The second kappa shape index (κ2) is 16.5. The lowest BCUT2D eigenvalue weighted by molar-refractivity contribution is -0.145. The number of morpholine rings is 1. The number of amides is 3. The Labute approximate surface area is 343 Å². The zero-order chi connectivity index (χ0) is 40.0. The molecule has 3 aliphatic heterocycles. The molecule has 7 aliphatic rings. The number of hydrogen-bond acceptors (Lipinski definition) is 10. The molecule has 8 atom stereocenters. The van der Waals surface area contributed by atoms with E-state index in [9.17, 15) is 24.3 Å². The Morgan fingerprint density at radius 3 is 2.60 bits per heavy atom. The van der Waals surface area contributed by atoms with Crippen molar-refractivity contribution >= 4 is 46.4 Å². The number of carboxylic acid groups (broad SMARTS) is 1. The van der Waals surface area contributed by atoms with E-state index in [0.717, 1.165) is 70.3 Å². The number of nitrogens with zero attached hydrogens (tertiary/aromatic N) is 3. The minimum atomic E-state index is -1.44. The number of pyridine rings is 1. The number of rotatable bonds is 10. The minimum absolute atomic E-state index is 0.0541. The molecule has 14 nitrogen and oxygen atoms in total. The third kappa shape index (κ3) is 8.47. The van der Waals surface area contributed by atoms with Crippen molar-refractivity contribution in [1.82, 2.24) is 25.4 Å². The van der Waals surface area contributed by atoms with Crippen molar-refractivity contribution < 1.29 is 43.2 Å². The van der Waals surface area contributed by atoms with Crippen LogP contribution in [0.1, 0.15) is 88.7 Å². The van der Waals surface area contributed by atoms with Crippen molar-refractivity contribution in [2.75, 3.05) is 46.0 Å². The number of allylic oxidation sites excluding steroid dienone is 1. The van der Waals surface area contributed by atoms with Crippen molar-refractivity contribution in [3.63, 3.8) is 0 Å². The Bertz CT molecular complexity index is 1940. The fraction of sp³-hybridized carbons (Fsp3) is 0.651. The van der Waals surface area contributed by atoms with E-state index in [0.29, 0.717) is 71.9 Å². The van der Waals surface area contributed by atoms with E-state index < -0.39 is 47.6 Å². The van der Waals surface area contributed by atoms with E-state index in [1.54, 1.807) is 0 Å². The van der Waals surface area contributed by atoms with Gasteiger partial charge in [-0.05, 0) is 81.8 Å². The molecule has 3 amide bonds. The number of carboxylic acids is 1. The normalized spacial score (nSPS) is 33.1. The van der Waals surface area contributed by atoms with E-state index >= 15 is 0 Å². The molecular formula is C43H54ClN5O9. The number of ether oxygens (including phenoxy) is 4. The number of aliphatic carboxylic acids is 1. The number of nitrogens with one attached hydrogen (secondary N) is 2.